The molecule has 2 aromatic heterocycles. The standard InChI is InChI=1S/C10H15N5OS/c1-6(2)9-10(17-14-13-9)7(16)4-8-11-5-12-15(8)3/h5-7,16H,4H2,1-3H3. The van der Waals surface area contributed by atoms with E-state index >= 15 is 0 Å². The van der Waals surface area contributed by atoms with E-state index in [2.05, 4.69) is 19.7 Å². The first-order valence-corrected chi connectivity index (χ1v) is 6.20. The topological polar surface area (TPSA) is 76.7 Å². The van der Waals surface area contributed by atoms with Crippen molar-refractivity contribution in [2.24, 2.45) is 7.05 Å². The van der Waals surface area contributed by atoms with E-state index in [1.165, 1.54) is 17.9 Å². The van der Waals surface area contributed by atoms with Gasteiger partial charge >= 0.3 is 0 Å². The molecule has 0 saturated heterocycles. The summed E-state index contributed by atoms with van der Waals surface area (Å²) < 4.78 is 5.56. The van der Waals surface area contributed by atoms with Gasteiger partial charge < -0.3 is 5.11 Å². The van der Waals surface area contributed by atoms with E-state index < -0.39 is 6.10 Å². The van der Waals surface area contributed by atoms with Crippen molar-refractivity contribution in [3.8, 4) is 0 Å². The Kier molecular flexibility index (Phi) is 3.49. The lowest BCUT2D eigenvalue weighted by Gasteiger charge is -2.10. The minimum absolute atomic E-state index is 0.262. The van der Waals surface area contributed by atoms with Gasteiger partial charge in [0.15, 0.2) is 0 Å². The first-order valence-electron chi connectivity index (χ1n) is 5.42. The van der Waals surface area contributed by atoms with Crippen LogP contribution in [0.2, 0.25) is 0 Å². The Morgan fingerprint density at radius 2 is 2.24 bits per heavy atom. The van der Waals surface area contributed by atoms with Gasteiger partial charge in [-0.25, -0.2) is 4.98 Å². The Labute approximate surface area is 103 Å². The summed E-state index contributed by atoms with van der Waals surface area (Å²) in [6.07, 6.45) is 1.30. The summed E-state index contributed by atoms with van der Waals surface area (Å²) in [6, 6.07) is 0. The molecule has 0 amide bonds. The normalized spacial score (nSPS) is 13.2. The molecule has 1 atom stereocenters. The SMILES string of the molecule is CC(C)c1nnsc1C(O)Cc1ncnn1C. The van der Waals surface area contributed by atoms with Gasteiger partial charge in [-0.3, -0.25) is 4.68 Å². The third kappa shape index (κ3) is 2.50. The molecule has 1 N–H and O–H groups in total. The van der Waals surface area contributed by atoms with Crippen molar-refractivity contribution in [1.82, 2.24) is 24.4 Å². The van der Waals surface area contributed by atoms with Crippen LogP contribution in [0.4, 0.5) is 0 Å². The Balaban J connectivity index is 2.17. The van der Waals surface area contributed by atoms with Gasteiger partial charge in [-0.05, 0) is 17.5 Å². The molecule has 2 heterocycles. The third-order valence-corrected chi connectivity index (χ3v) is 3.41. The molecule has 0 bridgehead atoms. The van der Waals surface area contributed by atoms with Gasteiger partial charge in [-0.1, -0.05) is 18.3 Å². The van der Waals surface area contributed by atoms with Crippen molar-refractivity contribution in [2.45, 2.75) is 32.3 Å². The van der Waals surface area contributed by atoms with Crippen molar-refractivity contribution in [3.05, 3.63) is 22.7 Å². The van der Waals surface area contributed by atoms with Crippen molar-refractivity contribution in [1.29, 1.82) is 0 Å². The molecule has 0 fully saturated rings. The number of hydrogen-bond acceptors (Lipinski definition) is 6. The van der Waals surface area contributed by atoms with Gasteiger partial charge in [0.25, 0.3) is 0 Å². The van der Waals surface area contributed by atoms with Gasteiger partial charge in [-0.15, -0.1) is 5.10 Å². The summed E-state index contributed by atoms with van der Waals surface area (Å²) in [5.74, 6) is 1.01. The maximum absolute atomic E-state index is 10.2. The predicted molar refractivity (Wildman–Crippen MR) is 63.7 cm³/mol. The Bertz CT molecular complexity index is 492. The fourth-order valence-electron chi connectivity index (χ4n) is 1.61. The molecule has 0 aliphatic carbocycles. The second kappa shape index (κ2) is 4.89. The fourth-order valence-corrected chi connectivity index (χ4v) is 2.40. The average Bonchev–Trinajstić information content (AvgIpc) is 2.87. The van der Waals surface area contributed by atoms with Gasteiger partial charge in [0.1, 0.15) is 12.2 Å². The Morgan fingerprint density at radius 3 is 2.82 bits per heavy atom. The zero-order valence-electron chi connectivity index (χ0n) is 10.0. The van der Waals surface area contributed by atoms with E-state index in [0.717, 1.165) is 16.4 Å². The average molecular weight is 253 g/mol. The number of aliphatic hydroxyl groups is 1. The molecule has 1 unspecified atom stereocenters. The predicted octanol–water partition coefficient (Wildman–Crippen LogP) is 1.07. The minimum atomic E-state index is -0.615. The van der Waals surface area contributed by atoms with E-state index in [-0.39, 0.29) is 5.92 Å². The molecule has 0 aromatic carbocycles. The van der Waals surface area contributed by atoms with Gasteiger partial charge in [0, 0.05) is 13.5 Å². The van der Waals surface area contributed by atoms with Gasteiger partial charge in [0.2, 0.25) is 0 Å². The molecule has 0 spiro atoms. The van der Waals surface area contributed by atoms with Crippen molar-refractivity contribution < 1.29 is 5.11 Å². The molecule has 6 nitrogen and oxygen atoms in total. The van der Waals surface area contributed by atoms with E-state index in [1.54, 1.807) is 4.68 Å². The van der Waals surface area contributed by atoms with Crippen molar-refractivity contribution >= 4 is 11.5 Å². The third-order valence-electron chi connectivity index (χ3n) is 2.57. The number of rotatable bonds is 4. The first-order chi connectivity index (χ1) is 8.09. The maximum Gasteiger partial charge on any atom is 0.138 e. The zero-order chi connectivity index (χ0) is 12.4. The molecule has 92 valence electrons. The highest BCUT2D eigenvalue weighted by molar-refractivity contribution is 7.05. The summed E-state index contributed by atoms with van der Waals surface area (Å²) in [6.45, 7) is 4.07. The lowest BCUT2D eigenvalue weighted by atomic mass is 10.1. The van der Waals surface area contributed by atoms with Crippen LogP contribution in [0.15, 0.2) is 6.33 Å². The minimum Gasteiger partial charge on any atom is -0.387 e. The van der Waals surface area contributed by atoms with Crippen LogP contribution in [0, 0.1) is 0 Å². The number of aryl methyl sites for hydroxylation is 1. The molecule has 0 aliphatic rings. The van der Waals surface area contributed by atoms with Crippen LogP contribution < -0.4 is 0 Å². The summed E-state index contributed by atoms with van der Waals surface area (Å²) in [5.41, 5.74) is 0.865. The van der Waals surface area contributed by atoms with Gasteiger partial charge in [0.05, 0.1) is 16.7 Å². The molecule has 2 rings (SSSR count). The number of aliphatic hydroxyl groups excluding tert-OH is 1. The van der Waals surface area contributed by atoms with Crippen LogP contribution in [-0.2, 0) is 13.5 Å². The Morgan fingerprint density at radius 1 is 1.47 bits per heavy atom. The Hall–Kier alpha value is -1.34. The number of nitrogens with zero attached hydrogens (tertiary/aromatic N) is 5. The van der Waals surface area contributed by atoms with Crippen molar-refractivity contribution in [3.63, 3.8) is 0 Å². The monoisotopic (exact) mass is 253 g/mol. The first kappa shape index (κ1) is 12.1. The maximum atomic E-state index is 10.2. The van der Waals surface area contributed by atoms with E-state index in [9.17, 15) is 5.11 Å². The van der Waals surface area contributed by atoms with Crippen LogP contribution in [-0.4, -0.2) is 29.5 Å². The second-order valence-corrected chi connectivity index (χ2v) is 4.98. The van der Waals surface area contributed by atoms with Gasteiger partial charge in [-0.2, -0.15) is 5.10 Å². The molecule has 2 aromatic rings. The molecule has 17 heavy (non-hydrogen) atoms. The highest BCUT2D eigenvalue weighted by Gasteiger charge is 2.20. The van der Waals surface area contributed by atoms with Crippen LogP contribution in [0.3, 0.4) is 0 Å². The molecule has 0 saturated carbocycles. The molecule has 7 heteroatoms. The molecule has 0 radical (unpaired) electrons. The lowest BCUT2D eigenvalue weighted by molar-refractivity contribution is 0.176. The van der Waals surface area contributed by atoms with E-state index in [4.69, 9.17) is 0 Å². The van der Waals surface area contributed by atoms with E-state index in [1.807, 2.05) is 20.9 Å². The number of hydrogen-bond donors (Lipinski definition) is 1. The number of aromatic nitrogens is 5. The molecule has 0 aliphatic heterocycles. The van der Waals surface area contributed by atoms with E-state index in [0.29, 0.717) is 6.42 Å². The van der Waals surface area contributed by atoms with Crippen LogP contribution >= 0.6 is 11.5 Å². The second-order valence-electron chi connectivity index (χ2n) is 4.20. The molecular formula is C10H15N5OS. The summed E-state index contributed by atoms with van der Waals surface area (Å²) in [5, 5.41) is 18.2. The van der Waals surface area contributed by atoms with Crippen molar-refractivity contribution in [2.75, 3.05) is 0 Å². The quantitative estimate of drug-likeness (QED) is 0.881. The smallest absolute Gasteiger partial charge is 0.138 e. The highest BCUT2D eigenvalue weighted by atomic mass is 32.1. The molecular weight excluding hydrogens is 238 g/mol. The lowest BCUT2D eigenvalue weighted by Crippen LogP contribution is -2.08. The van der Waals surface area contributed by atoms with Crippen LogP contribution in [0.25, 0.3) is 0 Å². The largest absolute Gasteiger partial charge is 0.387 e. The fraction of sp³-hybridized carbons (Fsp3) is 0.600. The zero-order valence-corrected chi connectivity index (χ0v) is 10.8. The van der Waals surface area contributed by atoms with Crippen LogP contribution in [0.5, 0.6) is 0 Å². The van der Waals surface area contributed by atoms with Crippen LogP contribution in [0.1, 0.15) is 42.3 Å². The summed E-state index contributed by atoms with van der Waals surface area (Å²) >= 11 is 1.25. The highest BCUT2D eigenvalue weighted by Crippen LogP contribution is 2.27. The summed E-state index contributed by atoms with van der Waals surface area (Å²) in [7, 11) is 1.81. The summed E-state index contributed by atoms with van der Waals surface area (Å²) in [4.78, 5) is 4.92.